The van der Waals surface area contributed by atoms with Crippen molar-refractivity contribution in [1.29, 1.82) is 5.26 Å². The molecule has 11 heteroatoms. The molecule has 0 saturated carbocycles. The minimum absolute atomic E-state index is 0.125. The maximum Gasteiger partial charge on any atom is 0.424 e. The van der Waals surface area contributed by atoms with Gasteiger partial charge in [-0.3, -0.25) is 0 Å². The molecule has 0 amide bonds. The molecule has 0 bridgehead atoms. The number of tetrazole rings is 1. The molecular formula is C22H16F4N6O. The summed E-state index contributed by atoms with van der Waals surface area (Å²) < 4.78 is 54.7. The first-order chi connectivity index (χ1) is 15.7. The van der Waals surface area contributed by atoms with Crippen LogP contribution in [0.3, 0.4) is 0 Å². The second kappa shape index (κ2) is 8.22. The summed E-state index contributed by atoms with van der Waals surface area (Å²) in [7, 11) is 0. The van der Waals surface area contributed by atoms with Crippen LogP contribution in [0.5, 0.6) is 0 Å². The van der Waals surface area contributed by atoms with E-state index in [4.69, 9.17) is 0 Å². The van der Waals surface area contributed by atoms with Crippen LogP contribution in [0, 0.1) is 17.1 Å². The molecule has 2 heterocycles. The van der Waals surface area contributed by atoms with Gasteiger partial charge in [-0.05, 0) is 57.8 Å². The van der Waals surface area contributed by atoms with E-state index in [1.54, 1.807) is 36.4 Å². The van der Waals surface area contributed by atoms with Crippen LogP contribution in [0.2, 0.25) is 0 Å². The van der Waals surface area contributed by atoms with Gasteiger partial charge < -0.3 is 5.11 Å². The van der Waals surface area contributed by atoms with Crippen LogP contribution in [0.15, 0.2) is 48.5 Å². The lowest BCUT2D eigenvalue weighted by Gasteiger charge is -2.27. The number of halogens is 4. The van der Waals surface area contributed by atoms with E-state index in [1.807, 2.05) is 6.07 Å². The second-order valence-corrected chi connectivity index (χ2v) is 7.40. The standard InChI is InChI=1S/C22H16F4N6O/c1-2-21(33,22(24,25)26)20-29-30-31-32(20)12-13-3-8-17-18(14-4-6-15(23)7-5-14)10-16(11-27)28-19(17)9-13/h3-10,33H,2,12H2,1H3. The normalized spacial score (nSPS) is 13.6. The van der Waals surface area contributed by atoms with Crippen molar-refractivity contribution in [3.63, 3.8) is 0 Å². The molecule has 4 aromatic rings. The third kappa shape index (κ3) is 4.01. The zero-order valence-corrected chi connectivity index (χ0v) is 17.2. The van der Waals surface area contributed by atoms with Crippen LogP contribution < -0.4 is 0 Å². The van der Waals surface area contributed by atoms with Crippen LogP contribution in [-0.2, 0) is 12.1 Å². The van der Waals surface area contributed by atoms with Crippen LogP contribution in [-0.4, -0.2) is 36.5 Å². The highest BCUT2D eigenvalue weighted by molar-refractivity contribution is 5.95. The monoisotopic (exact) mass is 456 g/mol. The maximum absolute atomic E-state index is 13.5. The van der Waals surface area contributed by atoms with Gasteiger partial charge in [0.25, 0.3) is 0 Å². The van der Waals surface area contributed by atoms with E-state index in [0.717, 1.165) is 4.68 Å². The van der Waals surface area contributed by atoms with Crippen molar-refractivity contribution >= 4 is 10.9 Å². The van der Waals surface area contributed by atoms with Gasteiger partial charge in [-0.2, -0.15) is 18.4 Å². The fourth-order valence-electron chi connectivity index (χ4n) is 3.56. The van der Waals surface area contributed by atoms with Gasteiger partial charge in [0.2, 0.25) is 5.60 Å². The fourth-order valence-corrected chi connectivity index (χ4v) is 3.56. The Kier molecular flexibility index (Phi) is 5.55. The van der Waals surface area contributed by atoms with E-state index in [1.165, 1.54) is 19.1 Å². The third-order valence-electron chi connectivity index (χ3n) is 5.36. The molecule has 1 unspecified atom stereocenters. The molecule has 0 radical (unpaired) electrons. The quantitative estimate of drug-likeness (QED) is 0.454. The minimum atomic E-state index is -4.97. The predicted molar refractivity (Wildman–Crippen MR) is 109 cm³/mol. The summed E-state index contributed by atoms with van der Waals surface area (Å²) in [6.45, 7) is 1.02. The van der Waals surface area contributed by atoms with Gasteiger partial charge in [0.15, 0.2) is 5.82 Å². The van der Waals surface area contributed by atoms with E-state index in [0.29, 0.717) is 27.6 Å². The summed E-state index contributed by atoms with van der Waals surface area (Å²) in [5, 5.41) is 30.6. The van der Waals surface area contributed by atoms with Gasteiger partial charge in [-0.25, -0.2) is 14.1 Å². The number of benzene rings is 2. The summed E-state index contributed by atoms with van der Waals surface area (Å²) in [6, 6.07) is 14.3. The summed E-state index contributed by atoms with van der Waals surface area (Å²) >= 11 is 0. The lowest BCUT2D eigenvalue weighted by atomic mass is 9.98. The molecule has 33 heavy (non-hydrogen) atoms. The van der Waals surface area contributed by atoms with Gasteiger partial charge in [-0.15, -0.1) is 5.10 Å². The van der Waals surface area contributed by atoms with Gasteiger partial charge in [0.1, 0.15) is 17.6 Å². The number of hydrogen-bond acceptors (Lipinski definition) is 6. The number of nitrogens with zero attached hydrogens (tertiary/aromatic N) is 6. The Bertz CT molecular complexity index is 1360. The van der Waals surface area contributed by atoms with Gasteiger partial charge in [-0.1, -0.05) is 31.2 Å². The van der Waals surface area contributed by atoms with Gasteiger partial charge >= 0.3 is 6.18 Å². The highest BCUT2D eigenvalue weighted by Crippen LogP contribution is 2.40. The van der Waals surface area contributed by atoms with Crippen molar-refractivity contribution in [2.75, 3.05) is 0 Å². The second-order valence-electron chi connectivity index (χ2n) is 7.40. The maximum atomic E-state index is 13.5. The molecule has 0 aliphatic heterocycles. The Labute approximate surface area is 184 Å². The highest BCUT2D eigenvalue weighted by Gasteiger charge is 2.57. The first-order valence-corrected chi connectivity index (χ1v) is 9.81. The molecule has 0 aliphatic rings. The molecule has 0 saturated heterocycles. The number of pyridine rings is 1. The lowest BCUT2D eigenvalue weighted by molar-refractivity contribution is -0.271. The largest absolute Gasteiger partial charge is 0.424 e. The Morgan fingerprint density at radius 2 is 1.82 bits per heavy atom. The Hall–Kier alpha value is -3.91. The van der Waals surface area contributed by atoms with Crippen molar-refractivity contribution in [1.82, 2.24) is 25.2 Å². The van der Waals surface area contributed by atoms with Crippen LogP contribution >= 0.6 is 0 Å². The number of fused-ring (bicyclic) bond motifs is 1. The first kappa shape index (κ1) is 22.3. The predicted octanol–water partition coefficient (Wildman–Crippen LogP) is 4.11. The minimum Gasteiger partial charge on any atom is -0.374 e. The zero-order valence-electron chi connectivity index (χ0n) is 17.2. The molecule has 168 valence electrons. The molecule has 0 spiro atoms. The number of alkyl halides is 3. The summed E-state index contributed by atoms with van der Waals surface area (Å²) in [5.41, 5.74) is -0.821. The van der Waals surface area contributed by atoms with Crippen LogP contribution in [0.4, 0.5) is 17.6 Å². The number of rotatable bonds is 5. The lowest BCUT2D eigenvalue weighted by Crippen LogP contribution is -2.44. The molecule has 2 aromatic heterocycles. The van der Waals surface area contributed by atoms with Crippen molar-refractivity contribution in [3.8, 4) is 17.2 Å². The Morgan fingerprint density at radius 1 is 1.09 bits per heavy atom. The smallest absolute Gasteiger partial charge is 0.374 e. The van der Waals surface area contributed by atoms with E-state index in [2.05, 4.69) is 20.5 Å². The van der Waals surface area contributed by atoms with E-state index in [-0.39, 0.29) is 12.2 Å². The SMILES string of the molecule is CCC(O)(c1nnnn1Cc1ccc2c(-c3ccc(F)cc3)cc(C#N)nc2c1)C(F)(F)F. The average molecular weight is 456 g/mol. The molecule has 7 nitrogen and oxygen atoms in total. The van der Waals surface area contributed by atoms with E-state index < -0.39 is 29.8 Å². The third-order valence-corrected chi connectivity index (χ3v) is 5.36. The summed E-state index contributed by atoms with van der Waals surface area (Å²) in [5.74, 6) is -1.12. The molecule has 0 aliphatic carbocycles. The average Bonchev–Trinajstić information content (AvgIpc) is 3.25. The molecule has 4 rings (SSSR count). The molecule has 1 N–H and O–H groups in total. The van der Waals surface area contributed by atoms with Crippen molar-refractivity contribution in [3.05, 3.63) is 71.4 Å². The first-order valence-electron chi connectivity index (χ1n) is 9.81. The molecule has 0 fully saturated rings. The van der Waals surface area contributed by atoms with E-state index in [9.17, 15) is 27.9 Å². The van der Waals surface area contributed by atoms with Crippen molar-refractivity contribution in [2.45, 2.75) is 31.7 Å². The van der Waals surface area contributed by atoms with E-state index >= 15 is 0 Å². The molecule has 1 atom stereocenters. The number of hydrogen-bond donors (Lipinski definition) is 1. The van der Waals surface area contributed by atoms with Crippen LogP contribution in [0.25, 0.3) is 22.0 Å². The number of nitriles is 1. The summed E-state index contributed by atoms with van der Waals surface area (Å²) in [4.78, 5) is 4.29. The number of aromatic nitrogens is 5. The van der Waals surface area contributed by atoms with Crippen molar-refractivity contribution in [2.24, 2.45) is 0 Å². The fraction of sp³-hybridized carbons (Fsp3) is 0.227. The highest BCUT2D eigenvalue weighted by atomic mass is 19.4. The van der Waals surface area contributed by atoms with Gasteiger partial charge in [0.05, 0.1) is 12.1 Å². The topological polar surface area (TPSA) is 101 Å². The molecule has 2 aromatic carbocycles. The summed E-state index contributed by atoms with van der Waals surface area (Å²) in [6.07, 6.45) is -5.63. The molecular weight excluding hydrogens is 440 g/mol. The van der Waals surface area contributed by atoms with Crippen LogP contribution in [0.1, 0.15) is 30.4 Å². The van der Waals surface area contributed by atoms with Gasteiger partial charge in [0, 0.05) is 5.39 Å². The zero-order chi connectivity index (χ0) is 23.8. The number of aliphatic hydroxyl groups is 1. The van der Waals surface area contributed by atoms with Crippen molar-refractivity contribution < 1.29 is 22.7 Å². The Morgan fingerprint density at radius 3 is 2.45 bits per heavy atom. The Balaban J connectivity index is 1.78.